The van der Waals surface area contributed by atoms with Gasteiger partial charge in [-0.1, -0.05) is 11.3 Å². The van der Waals surface area contributed by atoms with E-state index >= 15 is 0 Å². The predicted octanol–water partition coefficient (Wildman–Crippen LogP) is 0.308. The molecule has 0 aliphatic carbocycles. The average Bonchev–Trinajstić information content (AvgIpc) is 2.14. The van der Waals surface area contributed by atoms with Crippen molar-refractivity contribution in [3.8, 4) is 6.07 Å². The Morgan fingerprint density at radius 3 is 2.88 bits per heavy atom. The minimum atomic E-state index is -0.179. The number of nitrogens with zero attached hydrogens (tertiary/aromatic N) is 1. The van der Waals surface area contributed by atoms with Crippen molar-refractivity contribution in [1.29, 1.82) is 5.26 Å². The standard InChI is InChI=1S/C4H2N2OS/c5-1-3-2-6-4(7)8-3/h2H,(H,6,7). The normalized spacial score (nSPS) is 8.38. The van der Waals surface area contributed by atoms with E-state index < -0.39 is 0 Å². The van der Waals surface area contributed by atoms with E-state index in [1.807, 2.05) is 6.07 Å². The molecule has 1 heterocycles. The van der Waals surface area contributed by atoms with Gasteiger partial charge in [-0.2, -0.15) is 5.26 Å². The van der Waals surface area contributed by atoms with Gasteiger partial charge < -0.3 is 4.98 Å². The van der Waals surface area contributed by atoms with Crippen LogP contribution >= 0.6 is 11.3 Å². The summed E-state index contributed by atoms with van der Waals surface area (Å²) in [6.45, 7) is 0. The van der Waals surface area contributed by atoms with Crippen LogP contribution < -0.4 is 4.87 Å². The molecule has 40 valence electrons. The maximum atomic E-state index is 10.3. The van der Waals surface area contributed by atoms with Crippen LogP contribution in [0, 0.1) is 11.3 Å². The van der Waals surface area contributed by atoms with Crippen LogP contribution in [0.25, 0.3) is 0 Å². The minimum Gasteiger partial charge on any atom is -0.318 e. The Bertz CT molecular complexity index is 266. The van der Waals surface area contributed by atoms with Gasteiger partial charge in [0.15, 0.2) is 0 Å². The van der Waals surface area contributed by atoms with Crippen LogP contribution in [0.3, 0.4) is 0 Å². The number of thiazole rings is 1. The van der Waals surface area contributed by atoms with E-state index in [1.54, 1.807) is 0 Å². The first-order valence-electron chi connectivity index (χ1n) is 1.91. The summed E-state index contributed by atoms with van der Waals surface area (Å²) in [5, 5.41) is 8.15. The van der Waals surface area contributed by atoms with E-state index in [0.29, 0.717) is 4.88 Å². The van der Waals surface area contributed by atoms with Gasteiger partial charge in [0.1, 0.15) is 10.9 Å². The van der Waals surface area contributed by atoms with Crippen molar-refractivity contribution in [2.24, 2.45) is 0 Å². The first-order valence-corrected chi connectivity index (χ1v) is 2.73. The highest BCUT2D eigenvalue weighted by Gasteiger charge is 1.90. The van der Waals surface area contributed by atoms with Gasteiger partial charge in [0.2, 0.25) is 0 Å². The van der Waals surface area contributed by atoms with E-state index in [0.717, 1.165) is 11.3 Å². The van der Waals surface area contributed by atoms with Gasteiger partial charge in [0.05, 0.1) is 0 Å². The number of rotatable bonds is 0. The molecule has 0 aliphatic heterocycles. The lowest BCUT2D eigenvalue weighted by Gasteiger charge is -1.60. The van der Waals surface area contributed by atoms with Crippen LogP contribution in [-0.2, 0) is 0 Å². The van der Waals surface area contributed by atoms with E-state index in [1.165, 1.54) is 6.20 Å². The SMILES string of the molecule is N#Cc1c[nH]c(=O)s1. The van der Waals surface area contributed by atoms with Crippen LogP contribution in [0.2, 0.25) is 0 Å². The van der Waals surface area contributed by atoms with E-state index in [9.17, 15) is 4.79 Å². The minimum absolute atomic E-state index is 0.179. The van der Waals surface area contributed by atoms with Crippen molar-refractivity contribution in [1.82, 2.24) is 4.98 Å². The summed E-state index contributed by atoms with van der Waals surface area (Å²) in [5.41, 5.74) is 0. The second-order valence-electron chi connectivity index (χ2n) is 1.15. The molecule has 0 fully saturated rings. The van der Waals surface area contributed by atoms with Crippen LogP contribution in [0.4, 0.5) is 0 Å². The summed E-state index contributed by atoms with van der Waals surface area (Å²) < 4.78 is 0. The molecule has 0 aromatic carbocycles. The van der Waals surface area contributed by atoms with E-state index in [4.69, 9.17) is 5.26 Å². The molecular weight excluding hydrogens is 124 g/mol. The van der Waals surface area contributed by atoms with Gasteiger partial charge in [0.25, 0.3) is 0 Å². The fraction of sp³-hybridized carbons (Fsp3) is 0. The monoisotopic (exact) mass is 126 g/mol. The van der Waals surface area contributed by atoms with Crippen LogP contribution in [0.5, 0.6) is 0 Å². The molecule has 0 saturated carbocycles. The average molecular weight is 126 g/mol. The maximum Gasteiger partial charge on any atom is 0.305 e. The van der Waals surface area contributed by atoms with Gasteiger partial charge in [0, 0.05) is 6.20 Å². The third-order valence-corrected chi connectivity index (χ3v) is 1.37. The first-order chi connectivity index (χ1) is 3.83. The molecule has 0 atom stereocenters. The Balaban J connectivity index is 3.25. The Labute approximate surface area is 49.2 Å². The summed E-state index contributed by atoms with van der Waals surface area (Å²) >= 11 is 0.916. The Kier molecular flexibility index (Phi) is 1.14. The number of hydrogen-bond donors (Lipinski definition) is 1. The number of aromatic amines is 1. The summed E-state index contributed by atoms with van der Waals surface area (Å²) in [4.78, 5) is 12.9. The zero-order valence-electron chi connectivity index (χ0n) is 3.84. The first kappa shape index (κ1) is 5.06. The molecule has 0 aliphatic rings. The Morgan fingerprint density at radius 1 is 1.88 bits per heavy atom. The zero-order valence-corrected chi connectivity index (χ0v) is 4.66. The zero-order chi connectivity index (χ0) is 5.98. The summed E-state index contributed by atoms with van der Waals surface area (Å²) in [6, 6.07) is 1.84. The van der Waals surface area contributed by atoms with Gasteiger partial charge in [-0.05, 0) is 0 Å². The smallest absolute Gasteiger partial charge is 0.305 e. The van der Waals surface area contributed by atoms with Crippen molar-refractivity contribution in [2.45, 2.75) is 0 Å². The molecular formula is C4H2N2OS. The fourth-order valence-corrected chi connectivity index (χ4v) is 0.819. The highest BCUT2D eigenvalue weighted by molar-refractivity contribution is 7.09. The molecule has 1 aromatic heterocycles. The Morgan fingerprint density at radius 2 is 2.62 bits per heavy atom. The molecule has 1 aromatic rings. The van der Waals surface area contributed by atoms with Gasteiger partial charge in [-0.25, -0.2) is 0 Å². The quantitative estimate of drug-likeness (QED) is 0.543. The van der Waals surface area contributed by atoms with Crippen LogP contribution in [-0.4, -0.2) is 4.98 Å². The summed E-state index contributed by atoms with van der Waals surface area (Å²) in [6.07, 6.45) is 1.40. The third kappa shape index (κ3) is 0.768. The van der Waals surface area contributed by atoms with Crippen molar-refractivity contribution in [3.05, 3.63) is 20.7 Å². The fourth-order valence-electron chi connectivity index (χ4n) is 0.338. The number of H-pyrrole nitrogens is 1. The molecule has 0 saturated heterocycles. The lowest BCUT2D eigenvalue weighted by atomic mass is 10.6. The number of aromatic nitrogens is 1. The lowest BCUT2D eigenvalue weighted by Crippen LogP contribution is -1.88. The topological polar surface area (TPSA) is 56.6 Å². The number of hydrogen-bond acceptors (Lipinski definition) is 3. The van der Waals surface area contributed by atoms with E-state index in [-0.39, 0.29) is 4.87 Å². The number of nitriles is 1. The predicted molar refractivity (Wildman–Crippen MR) is 29.7 cm³/mol. The third-order valence-electron chi connectivity index (χ3n) is 0.634. The Hall–Kier alpha value is -1.08. The second-order valence-corrected chi connectivity index (χ2v) is 2.17. The maximum absolute atomic E-state index is 10.3. The highest BCUT2D eigenvalue weighted by atomic mass is 32.1. The molecule has 0 radical (unpaired) electrons. The second kappa shape index (κ2) is 1.80. The van der Waals surface area contributed by atoms with Crippen LogP contribution in [0.1, 0.15) is 4.88 Å². The highest BCUT2D eigenvalue weighted by Crippen LogP contribution is 1.94. The molecule has 4 heteroatoms. The van der Waals surface area contributed by atoms with Gasteiger partial charge in [-0.3, -0.25) is 4.79 Å². The largest absolute Gasteiger partial charge is 0.318 e. The molecule has 1 rings (SSSR count). The van der Waals surface area contributed by atoms with E-state index in [2.05, 4.69) is 4.98 Å². The van der Waals surface area contributed by atoms with Crippen molar-refractivity contribution in [2.75, 3.05) is 0 Å². The molecule has 0 unspecified atom stereocenters. The van der Waals surface area contributed by atoms with Gasteiger partial charge in [-0.15, -0.1) is 0 Å². The molecule has 1 N–H and O–H groups in total. The van der Waals surface area contributed by atoms with Crippen LogP contribution in [0.15, 0.2) is 11.0 Å². The van der Waals surface area contributed by atoms with Crippen molar-refractivity contribution < 1.29 is 0 Å². The molecule has 8 heavy (non-hydrogen) atoms. The molecule has 0 spiro atoms. The summed E-state index contributed by atoms with van der Waals surface area (Å²) in [5.74, 6) is 0. The summed E-state index contributed by atoms with van der Waals surface area (Å²) in [7, 11) is 0. The van der Waals surface area contributed by atoms with Crippen molar-refractivity contribution >= 4 is 11.3 Å². The molecule has 3 nitrogen and oxygen atoms in total. The van der Waals surface area contributed by atoms with Crippen molar-refractivity contribution in [3.63, 3.8) is 0 Å². The lowest BCUT2D eigenvalue weighted by molar-refractivity contribution is 1.34. The van der Waals surface area contributed by atoms with Gasteiger partial charge >= 0.3 is 4.87 Å². The molecule has 0 amide bonds. The number of nitrogens with one attached hydrogen (secondary N) is 1. The molecule has 0 bridgehead atoms.